The summed E-state index contributed by atoms with van der Waals surface area (Å²) in [7, 11) is 0. The number of nitrogens with one attached hydrogen (secondary N) is 1. The molecule has 1 aromatic rings. The molecule has 3 heteroatoms. The Labute approximate surface area is 72.2 Å². The van der Waals surface area contributed by atoms with Gasteiger partial charge >= 0.3 is 0 Å². The molecule has 2 rings (SSSR count). The third-order valence-electron chi connectivity index (χ3n) is 2.28. The predicted octanol–water partition coefficient (Wildman–Crippen LogP) is 0.862. The van der Waals surface area contributed by atoms with Crippen LogP contribution in [0.2, 0.25) is 0 Å². The van der Waals surface area contributed by atoms with Crippen LogP contribution in [0.3, 0.4) is 0 Å². The number of aryl methyl sites for hydroxylation is 1. The largest absolute Gasteiger partial charge is 0.316 e. The van der Waals surface area contributed by atoms with E-state index >= 15 is 0 Å². The Morgan fingerprint density at radius 2 is 2.33 bits per heavy atom. The smallest absolute Gasteiger partial charge is 0.0630 e. The predicted molar refractivity (Wildman–Crippen MR) is 47.0 cm³/mol. The van der Waals surface area contributed by atoms with Gasteiger partial charge in [0.25, 0.3) is 0 Å². The molecule has 1 unspecified atom stereocenters. The number of hydrogen-bond donors (Lipinski definition) is 1. The highest BCUT2D eigenvalue weighted by Gasteiger charge is 2.17. The van der Waals surface area contributed by atoms with Crippen LogP contribution in [-0.4, -0.2) is 23.1 Å². The number of nitrogens with zero attached hydrogens (tertiary/aromatic N) is 2. The Hall–Kier alpha value is -0.960. The summed E-state index contributed by atoms with van der Waals surface area (Å²) in [4.78, 5) is 8.59. The summed E-state index contributed by atoms with van der Waals surface area (Å²) < 4.78 is 0. The molecule has 3 nitrogen and oxygen atoms in total. The molecule has 2 heterocycles. The highest BCUT2D eigenvalue weighted by molar-refractivity contribution is 5.08. The zero-order valence-electron chi connectivity index (χ0n) is 7.25. The first-order chi connectivity index (χ1) is 5.86. The Kier molecular flexibility index (Phi) is 2.04. The zero-order chi connectivity index (χ0) is 8.39. The standard InChI is InChI=1S/C9H13N3/c1-7-4-12-9(6-11-7)8-2-3-10-5-8/h4,6,8,10H,2-3,5H2,1H3. The summed E-state index contributed by atoms with van der Waals surface area (Å²) in [6.45, 7) is 4.13. The van der Waals surface area contributed by atoms with Crippen LogP contribution in [0.15, 0.2) is 12.4 Å². The molecule has 0 bridgehead atoms. The molecule has 1 atom stereocenters. The van der Waals surface area contributed by atoms with Crippen LogP contribution < -0.4 is 5.32 Å². The molecule has 0 radical (unpaired) electrons. The van der Waals surface area contributed by atoms with Crippen LogP contribution in [0.1, 0.15) is 23.7 Å². The van der Waals surface area contributed by atoms with Crippen LogP contribution in [0.25, 0.3) is 0 Å². The van der Waals surface area contributed by atoms with Gasteiger partial charge in [0, 0.05) is 24.9 Å². The van der Waals surface area contributed by atoms with Gasteiger partial charge in [0.05, 0.1) is 11.4 Å². The second-order valence-electron chi connectivity index (χ2n) is 3.27. The van der Waals surface area contributed by atoms with E-state index in [1.165, 1.54) is 6.42 Å². The van der Waals surface area contributed by atoms with Crippen molar-refractivity contribution in [1.82, 2.24) is 15.3 Å². The lowest BCUT2D eigenvalue weighted by Crippen LogP contribution is -2.09. The normalized spacial score (nSPS) is 22.9. The molecule has 64 valence electrons. The van der Waals surface area contributed by atoms with E-state index in [-0.39, 0.29) is 0 Å². The van der Waals surface area contributed by atoms with Crippen LogP contribution >= 0.6 is 0 Å². The highest BCUT2D eigenvalue weighted by atomic mass is 14.9. The summed E-state index contributed by atoms with van der Waals surface area (Å²) in [5.74, 6) is 0.582. The average molecular weight is 163 g/mol. The molecule has 1 aromatic heterocycles. The molecule has 0 aliphatic carbocycles. The molecule has 0 aromatic carbocycles. The fourth-order valence-electron chi connectivity index (χ4n) is 1.52. The van der Waals surface area contributed by atoms with Gasteiger partial charge in [0.15, 0.2) is 0 Å². The van der Waals surface area contributed by atoms with Crippen molar-refractivity contribution in [3.8, 4) is 0 Å². The van der Waals surface area contributed by atoms with Gasteiger partial charge in [-0.05, 0) is 19.9 Å². The van der Waals surface area contributed by atoms with E-state index in [1.807, 2.05) is 19.3 Å². The number of hydrogen-bond acceptors (Lipinski definition) is 3. The van der Waals surface area contributed by atoms with Crippen molar-refractivity contribution in [2.75, 3.05) is 13.1 Å². The maximum absolute atomic E-state index is 4.36. The van der Waals surface area contributed by atoms with Crippen molar-refractivity contribution in [2.45, 2.75) is 19.3 Å². The van der Waals surface area contributed by atoms with E-state index < -0.39 is 0 Å². The molecular formula is C9H13N3. The average Bonchev–Trinajstić information content (AvgIpc) is 2.58. The molecule has 1 aliphatic heterocycles. The van der Waals surface area contributed by atoms with E-state index in [2.05, 4.69) is 15.3 Å². The van der Waals surface area contributed by atoms with Crippen LogP contribution in [0.5, 0.6) is 0 Å². The topological polar surface area (TPSA) is 37.8 Å². The van der Waals surface area contributed by atoms with E-state index in [0.717, 1.165) is 24.5 Å². The minimum atomic E-state index is 0.582. The number of rotatable bonds is 1. The Balaban J connectivity index is 2.17. The van der Waals surface area contributed by atoms with Crippen LogP contribution in [0, 0.1) is 6.92 Å². The summed E-state index contributed by atoms with van der Waals surface area (Å²) in [6.07, 6.45) is 4.93. The second kappa shape index (κ2) is 3.19. The second-order valence-corrected chi connectivity index (χ2v) is 3.27. The summed E-state index contributed by atoms with van der Waals surface area (Å²) >= 11 is 0. The van der Waals surface area contributed by atoms with E-state index in [4.69, 9.17) is 0 Å². The summed E-state index contributed by atoms with van der Waals surface area (Å²) in [5.41, 5.74) is 2.12. The summed E-state index contributed by atoms with van der Waals surface area (Å²) in [5, 5.41) is 3.32. The first kappa shape index (κ1) is 7.68. The van der Waals surface area contributed by atoms with Gasteiger partial charge in [0.2, 0.25) is 0 Å². The van der Waals surface area contributed by atoms with Gasteiger partial charge in [-0.3, -0.25) is 9.97 Å². The fraction of sp³-hybridized carbons (Fsp3) is 0.556. The van der Waals surface area contributed by atoms with Crippen molar-refractivity contribution in [3.63, 3.8) is 0 Å². The van der Waals surface area contributed by atoms with Gasteiger partial charge in [-0.2, -0.15) is 0 Å². The Bertz CT molecular complexity index is 249. The lowest BCUT2D eigenvalue weighted by atomic mass is 10.1. The van der Waals surface area contributed by atoms with Crippen molar-refractivity contribution >= 4 is 0 Å². The van der Waals surface area contributed by atoms with E-state index in [9.17, 15) is 0 Å². The molecular weight excluding hydrogens is 150 g/mol. The molecule has 1 aliphatic rings. The van der Waals surface area contributed by atoms with Crippen molar-refractivity contribution < 1.29 is 0 Å². The van der Waals surface area contributed by atoms with Crippen molar-refractivity contribution in [2.24, 2.45) is 0 Å². The van der Waals surface area contributed by atoms with Crippen LogP contribution in [0.4, 0.5) is 0 Å². The molecule has 1 saturated heterocycles. The van der Waals surface area contributed by atoms with Gasteiger partial charge in [0.1, 0.15) is 0 Å². The van der Waals surface area contributed by atoms with Gasteiger partial charge in [-0.1, -0.05) is 0 Å². The van der Waals surface area contributed by atoms with Gasteiger partial charge < -0.3 is 5.32 Å². The quantitative estimate of drug-likeness (QED) is 0.667. The summed E-state index contributed by atoms with van der Waals surface area (Å²) in [6, 6.07) is 0. The fourth-order valence-corrected chi connectivity index (χ4v) is 1.52. The Morgan fingerprint density at radius 1 is 1.42 bits per heavy atom. The van der Waals surface area contributed by atoms with Crippen LogP contribution in [-0.2, 0) is 0 Å². The molecule has 1 N–H and O–H groups in total. The molecule has 1 fully saturated rings. The monoisotopic (exact) mass is 163 g/mol. The van der Waals surface area contributed by atoms with E-state index in [0.29, 0.717) is 5.92 Å². The lowest BCUT2D eigenvalue weighted by Gasteiger charge is -2.05. The van der Waals surface area contributed by atoms with Crippen molar-refractivity contribution in [1.29, 1.82) is 0 Å². The first-order valence-electron chi connectivity index (χ1n) is 4.35. The molecule has 0 saturated carbocycles. The maximum atomic E-state index is 4.36. The molecule has 0 amide bonds. The lowest BCUT2D eigenvalue weighted by molar-refractivity contribution is 0.726. The highest BCUT2D eigenvalue weighted by Crippen LogP contribution is 2.18. The van der Waals surface area contributed by atoms with Gasteiger partial charge in [-0.15, -0.1) is 0 Å². The first-order valence-corrected chi connectivity index (χ1v) is 4.35. The minimum Gasteiger partial charge on any atom is -0.316 e. The number of aromatic nitrogens is 2. The maximum Gasteiger partial charge on any atom is 0.0630 e. The van der Waals surface area contributed by atoms with E-state index in [1.54, 1.807) is 0 Å². The minimum absolute atomic E-state index is 0.582. The SMILES string of the molecule is Cc1cnc(C2CCNC2)cn1. The Morgan fingerprint density at radius 3 is 2.92 bits per heavy atom. The third kappa shape index (κ3) is 1.46. The third-order valence-corrected chi connectivity index (χ3v) is 2.28. The van der Waals surface area contributed by atoms with Crippen molar-refractivity contribution in [3.05, 3.63) is 23.8 Å². The molecule has 0 spiro atoms. The zero-order valence-corrected chi connectivity index (χ0v) is 7.25. The molecule has 12 heavy (non-hydrogen) atoms. The van der Waals surface area contributed by atoms with Gasteiger partial charge in [-0.25, -0.2) is 0 Å².